The molecule has 0 unspecified atom stereocenters. The molecule has 13 heteroatoms. The van der Waals surface area contributed by atoms with Crippen molar-refractivity contribution >= 4 is 40.8 Å². The largest absolute Gasteiger partial charge is 0.466 e. The summed E-state index contributed by atoms with van der Waals surface area (Å²) in [5.74, 6) is -6.95. The molecule has 0 aliphatic rings. The van der Waals surface area contributed by atoms with Gasteiger partial charge in [-0.3, -0.25) is 0 Å². The van der Waals surface area contributed by atoms with Gasteiger partial charge < -0.3 is 19.5 Å². The van der Waals surface area contributed by atoms with Crippen molar-refractivity contribution in [1.29, 1.82) is 0 Å². The van der Waals surface area contributed by atoms with Gasteiger partial charge in [0.25, 0.3) is 0 Å². The van der Waals surface area contributed by atoms with Crippen LogP contribution in [0.2, 0.25) is 10.0 Å². The van der Waals surface area contributed by atoms with Gasteiger partial charge in [-0.05, 0) is 18.2 Å². The Morgan fingerprint density at radius 3 is 2.03 bits per heavy atom. The SMILES string of the molecule is COC(=O)/C=C(/Nc1cc(Cl)c(Cl)cc1Oc1c(F)cc(C(F)(F)F)cc1F)C(=O)OC. The molecule has 2 rings (SSSR count). The van der Waals surface area contributed by atoms with E-state index in [1.807, 2.05) is 0 Å². The van der Waals surface area contributed by atoms with Crippen LogP contribution in [0, 0.1) is 11.6 Å². The Morgan fingerprint density at radius 1 is 0.969 bits per heavy atom. The maximum atomic E-state index is 14.2. The summed E-state index contributed by atoms with van der Waals surface area (Å²) in [6, 6.07) is 2.14. The fourth-order valence-electron chi connectivity index (χ4n) is 2.22. The van der Waals surface area contributed by atoms with Gasteiger partial charge in [0, 0.05) is 6.07 Å². The van der Waals surface area contributed by atoms with Crippen LogP contribution in [0.4, 0.5) is 27.6 Å². The average molecular weight is 500 g/mol. The number of nitrogens with one attached hydrogen (secondary N) is 1. The van der Waals surface area contributed by atoms with Crippen LogP contribution in [0.5, 0.6) is 11.5 Å². The van der Waals surface area contributed by atoms with Gasteiger partial charge >= 0.3 is 18.1 Å². The summed E-state index contributed by atoms with van der Waals surface area (Å²) in [7, 11) is 2.05. The molecule has 0 heterocycles. The number of halogens is 7. The lowest BCUT2D eigenvalue weighted by molar-refractivity contribution is -0.138. The number of benzene rings is 2. The zero-order valence-electron chi connectivity index (χ0n) is 16.1. The molecule has 6 nitrogen and oxygen atoms in total. The minimum Gasteiger partial charge on any atom is -0.466 e. The van der Waals surface area contributed by atoms with Crippen LogP contribution in [-0.2, 0) is 25.2 Å². The van der Waals surface area contributed by atoms with Gasteiger partial charge in [-0.15, -0.1) is 0 Å². The van der Waals surface area contributed by atoms with Crippen molar-refractivity contribution in [3.63, 3.8) is 0 Å². The van der Waals surface area contributed by atoms with Crippen LogP contribution in [0.3, 0.4) is 0 Å². The summed E-state index contributed by atoms with van der Waals surface area (Å²) in [6.07, 6.45) is -4.29. The first kappa shape index (κ1) is 25.2. The molecule has 0 aliphatic heterocycles. The first-order valence-electron chi connectivity index (χ1n) is 8.25. The molecule has 172 valence electrons. The Labute approximate surface area is 187 Å². The molecule has 0 saturated carbocycles. The topological polar surface area (TPSA) is 73.9 Å². The molecule has 2 aromatic carbocycles. The van der Waals surface area contributed by atoms with E-state index in [-0.39, 0.29) is 27.9 Å². The Bertz CT molecular complexity index is 1070. The van der Waals surface area contributed by atoms with Crippen LogP contribution in [-0.4, -0.2) is 26.2 Å². The third kappa shape index (κ3) is 6.01. The number of hydrogen-bond acceptors (Lipinski definition) is 6. The Balaban J connectivity index is 2.55. The van der Waals surface area contributed by atoms with E-state index in [9.17, 15) is 31.5 Å². The molecule has 0 bridgehead atoms. The highest BCUT2D eigenvalue weighted by Crippen LogP contribution is 2.40. The molecule has 0 fully saturated rings. The summed E-state index contributed by atoms with van der Waals surface area (Å²) in [5.41, 5.74) is -2.30. The van der Waals surface area contributed by atoms with E-state index in [0.29, 0.717) is 6.08 Å². The Kier molecular flexibility index (Phi) is 7.92. The van der Waals surface area contributed by atoms with Crippen molar-refractivity contribution in [2.24, 2.45) is 0 Å². The number of methoxy groups -OCH3 is 2. The van der Waals surface area contributed by atoms with Gasteiger partial charge in [-0.1, -0.05) is 23.2 Å². The van der Waals surface area contributed by atoms with Crippen molar-refractivity contribution in [3.8, 4) is 11.5 Å². The number of carbonyl (C=O) groups excluding carboxylic acids is 2. The standard InChI is InChI=1S/C19H12Cl2F5NO5/c1-30-16(28)7-14(18(29)31-2)27-13-5-9(20)10(21)6-15(13)32-17-11(22)3-8(4-12(17)23)19(24,25)26/h3-7,27H,1-2H3/b14-7+. The number of esters is 2. The van der Waals surface area contributed by atoms with Gasteiger partial charge in [0.15, 0.2) is 23.1 Å². The summed E-state index contributed by atoms with van der Waals surface area (Å²) in [4.78, 5) is 23.5. The highest BCUT2D eigenvalue weighted by atomic mass is 35.5. The second-order valence-electron chi connectivity index (χ2n) is 5.83. The summed E-state index contributed by atoms with van der Waals surface area (Å²) < 4.78 is 80.7. The van der Waals surface area contributed by atoms with Crippen molar-refractivity contribution < 1.29 is 45.8 Å². The number of anilines is 1. The number of hydrogen-bond donors (Lipinski definition) is 1. The molecule has 0 amide bonds. The van der Waals surface area contributed by atoms with Gasteiger partial charge in [0.1, 0.15) is 5.70 Å². The molecular formula is C19H12Cl2F5NO5. The fraction of sp³-hybridized carbons (Fsp3) is 0.158. The molecular weight excluding hydrogens is 488 g/mol. The fourth-order valence-corrected chi connectivity index (χ4v) is 2.54. The molecule has 0 atom stereocenters. The minimum atomic E-state index is -5.00. The van der Waals surface area contributed by atoms with Crippen LogP contribution in [0.1, 0.15) is 5.56 Å². The van der Waals surface area contributed by atoms with Gasteiger partial charge in [0.2, 0.25) is 0 Å². The molecule has 0 spiro atoms. The lowest BCUT2D eigenvalue weighted by atomic mass is 10.2. The van der Waals surface area contributed by atoms with Crippen molar-refractivity contribution in [1.82, 2.24) is 0 Å². The highest BCUT2D eigenvalue weighted by molar-refractivity contribution is 6.42. The third-order valence-corrected chi connectivity index (χ3v) is 4.42. The van der Waals surface area contributed by atoms with E-state index >= 15 is 0 Å². The summed E-state index contributed by atoms with van der Waals surface area (Å²) in [5, 5.41) is 2.16. The summed E-state index contributed by atoms with van der Waals surface area (Å²) >= 11 is 11.8. The lowest BCUT2D eigenvalue weighted by Crippen LogP contribution is -2.16. The number of ether oxygens (including phenoxy) is 3. The van der Waals surface area contributed by atoms with Gasteiger partial charge in [-0.2, -0.15) is 13.2 Å². The van der Waals surface area contributed by atoms with E-state index in [1.54, 1.807) is 0 Å². The molecule has 2 aromatic rings. The van der Waals surface area contributed by atoms with E-state index in [2.05, 4.69) is 14.8 Å². The van der Waals surface area contributed by atoms with E-state index < -0.39 is 52.5 Å². The Hall–Kier alpha value is -3.05. The first-order chi connectivity index (χ1) is 14.9. The number of alkyl halides is 3. The maximum absolute atomic E-state index is 14.2. The van der Waals surface area contributed by atoms with Crippen LogP contribution in [0.25, 0.3) is 0 Å². The highest BCUT2D eigenvalue weighted by Gasteiger charge is 2.33. The lowest BCUT2D eigenvalue weighted by Gasteiger charge is -2.17. The third-order valence-electron chi connectivity index (χ3n) is 3.70. The monoisotopic (exact) mass is 499 g/mol. The van der Waals surface area contributed by atoms with Crippen molar-refractivity contribution in [2.45, 2.75) is 6.18 Å². The van der Waals surface area contributed by atoms with Crippen molar-refractivity contribution in [2.75, 3.05) is 19.5 Å². The molecule has 1 N–H and O–H groups in total. The Morgan fingerprint density at radius 2 is 1.53 bits per heavy atom. The van der Waals surface area contributed by atoms with E-state index in [0.717, 1.165) is 26.4 Å². The second kappa shape index (κ2) is 10.0. The van der Waals surface area contributed by atoms with Crippen molar-refractivity contribution in [3.05, 3.63) is 63.3 Å². The first-order valence-corrected chi connectivity index (χ1v) is 9.01. The zero-order chi connectivity index (χ0) is 24.2. The van der Waals surface area contributed by atoms with E-state index in [1.165, 1.54) is 0 Å². The van der Waals surface area contributed by atoms with E-state index in [4.69, 9.17) is 27.9 Å². The normalized spacial score (nSPS) is 11.7. The van der Waals surface area contributed by atoms with Crippen LogP contribution >= 0.6 is 23.2 Å². The number of rotatable bonds is 6. The van der Waals surface area contributed by atoms with Gasteiger partial charge in [0.05, 0.1) is 41.6 Å². The second-order valence-corrected chi connectivity index (χ2v) is 6.64. The average Bonchev–Trinajstić information content (AvgIpc) is 2.71. The predicted molar refractivity (Wildman–Crippen MR) is 104 cm³/mol. The molecule has 32 heavy (non-hydrogen) atoms. The quantitative estimate of drug-likeness (QED) is 0.311. The van der Waals surface area contributed by atoms with Gasteiger partial charge in [-0.25, -0.2) is 18.4 Å². The van der Waals surface area contributed by atoms with Crippen LogP contribution in [0.15, 0.2) is 36.0 Å². The minimum absolute atomic E-state index is 0.0417. The predicted octanol–water partition coefficient (Wildman–Crippen LogP) is 5.72. The molecule has 0 radical (unpaired) electrons. The molecule has 0 aromatic heterocycles. The smallest absolute Gasteiger partial charge is 0.416 e. The van der Waals surface area contributed by atoms with Crippen LogP contribution < -0.4 is 10.1 Å². The summed E-state index contributed by atoms with van der Waals surface area (Å²) in [6.45, 7) is 0. The molecule has 0 saturated heterocycles. The zero-order valence-corrected chi connectivity index (χ0v) is 17.6. The maximum Gasteiger partial charge on any atom is 0.416 e. The molecule has 0 aliphatic carbocycles. The number of carbonyl (C=O) groups is 2.